The number of nitrogens with zero attached hydrogens (tertiary/aromatic N) is 3. The second-order valence-corrected chi connectivity index (χ2v) is 8.01. The summed E-state index contributed by atoms with van der Waals surface area (Å²) >= 11 is 0. The molecule has 2 aromatic carbocycles. The van der Waals surface area contributed by atoms with E-state index in [1.165, 1.54) is 0 Å². The largest absolute Gasteiger partial charge is 0.345 e. The van der Waals surface area contributed by atoms with Gasteiger partial charge in [0.1, 0.15) is 5.82 Å². The van der Waals surface area contributed by atoms with E-state index < -0.39 is 0 Å². The third-order valence-electron chi connectivity index (χ3n) is 5.14. The van der Waals surface area contributed by atoms with Gasteiger partial charge in [-0.05, 0) is 41.5 Å². The number of carbonyl (C=O) groups excluding carboxylic acids is 2. The quantitative estimate of drug-likeness (QED) is 0.423. The number of hydrogen-bond donors (Lipinski definition) is 2. The molecule has 2 N–H and O–H groups in total. The molecule has 0 bridgehead atoms. The van der Waals surface area contributed by atoms with Crippen LogP contribution in [0, 0.1) is 0 Å². The van der Waals surface area contributed by atoms with Crippen molar-refractivity contribution in [3.05, 3.63) is 103 Å². The van der Waals surface area contributed by atoms with Crippen LogP contribution in [0.5, 0.6) is 0 Å². The number of benzene rings is 2. The normalized spacial score (nSPS) is 10.4. The number of rotatable bonds is 7. The fourth-order valence-electron chi connectivity index (χ4n) is 3.41. The summed E-state index contributed by atoms with van der Waals surface area (Å²) in [6.45, 7) is 0. The predicted octanol–water partition coefficient (Wildman–Crippen LogP) is 4.77. The third kappa shape index (κ3) is 5.83. The van der Waals surface area contributed by atoms with Crippen LogP contribution in [0.2, 0.25) is 0 Å². The number of nitrogens with one attached hydrogen (secondary N) is 2. The van der Waals surface area contributed by atoms with Crippen LogP contribution in [0.25, 0.3) is 11.1 Å². The highest BCUT2D eigenvalue weighted by molar-refractivity contribution is 5.94. The van der Waals surface area contributed by atoms with E-state index in [1.54, 1.807) is 37.6 Å². The van der Waals surface area contributed by atoms with Crippen LogP contribution in [-0.2, 0) is 11.2 Å². The van der Waals surface area contributed by atoms with E-state index in [0.717, 1.165) is 16.7 Å². The van der Waals surface area contributed by atoms with Crippen molar-refractivity contribution in [2.45, 2.75) is 6.42 Å². The van der Waals surface area contributed by atoms with Gasteiger partial charge in [-0.2, -0.15) is 0 Å². The molecule has 0 radical (unpaired) electrons. The van der Waals surface area contributed by atoms with Gasteiger partial charge in [0.25, 0.3) is 5.91 Å². The first-order chi connectivity index (χ1) is 16.5. The Kier molecular flexibility index (Phi) is 6.93. The highest BCUT2D eigenvalue weighted by Crippen LogP contribution is 2.23. The topological polar surface area (TPSA) is 87.2 Å². The van der Waals surface area contributed by atoms with Gasteiger partial charge in [0.2, 0.25) is 5.91 Å². The van der Waals surface area contributed by atoms with E-state index in [0.29, 0.717) is 29.2 Å². The Morgan fingerprint density at radius 2 is 1.53 bits per heavy atom. The molecule has 0 saturated heterocycles. The summed E-state index contributed by atoms with van der Waals surface area (Å²) < 4.78 is 0. The van der Waals surface area contributed by atoms with Crippen LogP contribution < -0.4 is 10.6 Å². The van der Waals surface area contributed by atoms with Crippen LogP contribution in [0.3, 0.4) is 0 Å². The molecule has 7 nitrogen and oxygen atoms in total. The second kappa shape index (κ2) is 10.4. The second-order valence-electron chi connectivity index (χ2n) is 8.01. The van der Waals surface area contributed by atoms with Crippen molar-refractivity contribution in [1.82, 2.24) is 14.9 Å². The molecule has 170 valence electrons. The van der Waals surface area contributed by atoms with E-state index in [2.05, 4.69) is 20.6 Å². The Bertz CT molecular complexity index is 1270. The summed E-state index contributed by atoms with van der Waals surface area (Å²) in [5.41, 5.74) is 4.82. The molecule has 0 unspecified atom stereocenters. The molecule has 2 amide bonds. The lowest BCUT2D eigenvalue weighted by Crippen LogP contribution is -2.21. The van der Waals surface area contributed by atoms with Gasteiger partial charge in [0.15, 0.2) is 0 Å². The highest BCUT2D eigenvalue weighted by atomic mass is 16.2. The molecule has 0 aliphatic rings. The maximum atomic E-state index is 12.3. The van der Waals surface area contributed by atoms with Gasteiger partial charge < -0.3 is 15.5 Å². The molecule has 34 heavy (non-hydrogen) atoms. The van der Waals surface area contributed by atoms with E-state index >= 15 is 0 Å². The summed E-state index contributed by atoms with van der Waals surface area (Å²) in [7, 11) is 3.46. The standard InChI is InChI=1S/C27H25N5O2/c1-32(2)27(34)21-10-8-20(9-11-21)22-12-13-25(29-16-22)30-23-15-24(18-28-17-23)31-26(33)14-19-6-4-3-5-7-19/h3-13,15-18H,14H2,1-2H3,(H,29,30)(H,31,33). The monoisotopic (exact) mass is 451 g/mol. The number of hydrogen-bond acceptors (Lipinski definition) is 5. The lowest BCUT2D eigenvalue weighted by Gasteiger charge is -2.11. The van der Waals surface area contributed by atoms with Crippen molar-refractivity contribution in [2.75, 3.05) is 24.7 Å². The number of amides is 2. The van der Waals surface area contributed by atoms with Crippen LogP contribution in [0.4, 0.5) is 17.2 Å². The van der Waals surface area contributed by atoms with Gasteiger partial charge in [-0.3, -0.25) is 14.6 Å². The molecule has 0 aliphatic heterocycles. The van der Waals surface area contributed by atoms with Crippen molar-refractivity contribution in [3.8, 4) is 11.1 Å². The summed E-state index contributed by atoms with van der Waals surface area (Å²) in [6.07, 6.45) is 5.34. The number of pyridine rings is 2. The lowest BCUT2D eigenvalue weighted by molar-refractivity contribution is -0.115. The number of anilines is 3. The number of carbonyl (C=O) groups is 2. The molecule has 0 atom stereocenters. The van der Waals surface area contributed by atoms with Crippen molar-refractivity contribution in [3.63, 3.8) is 0 Å². The Morgan fingerprint density at radius 3 is 2.21 bits per heavy atom. The van der Waals surface area contributed by atoms with Gasteiger partial charge >= 0.3 is 0 Å². The summed E-state index contributed by atoms with van der Waals surface area (Å²) in [4.78, 5) is 34.6. The van der Waals surface area contributed by atoms with Gasteiger partial charge in [-0.1, -0.05) is 42.5 Å². The van der Waals surface area contributed by atoms with E-state index in [9.17, 15) is 9.59 Å². The molecule has 4 aromatic rings. The first kappa shape index (κ1) is 22.7. The molecule has 0 saturated carbocycles. The van der Waals surface area contributed by atoms with E-state index in [-0.39, 0.29) is 11.8 Å². The maximum Gasteiger partial charge on any atom is 0.253 e. The Balaban J connectivity index is 1.39. The van der Waals surface area contributed by atoms with E-state index in [1.807, 2.05) is 72.8 Å². The molecule has 2 aromatic heterocycles. The average molecular weight is 452 g/mol. The Morgan fingerprint density at radius 1 is 0.824 bits per heavy atom. The van der Waals surface area contributed by atoms with Crippen molar-refractivity contribution in [1.29, 1.82) is 0 Å². The smallest absolute Gasteiger partial charge is 0.253 e. The van der Waals surface area contributed by atoms with Crippen LogP contribution in [0.15, 0.2) is 91.4 Å². The number of aromatic nitrogens is 2. The van der Waals surface area contributed by atoms with Gasteiger partial charge in [-0.25, -0.2) is 4.98 Å². The SMILES string of the molecule is CN(C)C(=O)c1ccc(-c2ccc(Nc3cncc(NC(=O)Cc4ccccc4)c3)nc2)cc1. The van der Waals surface area contributed by atoms with Crippen LogP contribution >= 0.6 is 0 Å². The first-order valence-corrected chi connectivity index (χ1v) is 10.8. The third-order valence-corrected chi connectivity index (χ3v) is 5.14. The first-order valence-electron chi connectivity index (χ1n) is 10.8. The molecule has 0 aliphatic carbocycles. The zero-order valence-corrected chi connectivity index (χ0v) is 19.0. The predicted molar refractivity (Wildman–Crippen MR) is 134 cm³/mol. The zero-order valence-electron chi connectivity index (χ0n) is 19.0. The average Bonchev–Trinajstić information content (AvgIpc) is 2.85. The van der Waals surface area contributed by atoms with E-state index in [4.69, 9.17) is 0 Å². The van der Waals surface area contributed by atoms with Crippen LogP contribution in [-0.4, -0.2) is 40.8 Å². The summed E-state index contributed by atoms with van der Waals surface area (Å²) in [5.74, 6) is 0.514. The summed E-state index contributed by atoms with van der Waals surface area (Å²) in [6, 6.07) is 22.7. The molecular weight excluding hydrogens is 426 g/mol. The van der Waals surface area contributed by atoms with Crippen molar-refractivity contribution < 1.29 is 9.59 Å². The summed E-state index contributed by atoms with van der Waals surface area (Å²) in [5, 5.41) is 6.09. The molecule has 2 heterocycles. The molecule has 4 rings (SSSR count). The highest BCUT2D eigenvalue weighted by Gasteiger charge is 2.09. The Labute approximate surface area is 198 Å². The van der Waals surface area contributed by atoms with Gasteiger partial charge in [-0.15, -0.1) is 0 Å². The maximum absolute atomic E-state index is 12.3. The fraction of sp³-hybridized carbons (Fsp3) is 0.111. The minimum absolute atomic E-state index is 0.0312. The van der Waals surface area contributed by atoms with Gasteiger partial charge in [0, 0.05) is 31.4 Å². The Hall–Kier alpha value is -4.52. The minimum Gasteiger partial charge on any atom is -0.345 e. The minimum atomic E-state index is -0.106. The molecule has 0 fully saturated rings. The van der Waals surface area contributed by atoms with Crippen LogP contribution in [0.1, 0.15) is 15.9 Å². The lowest BCUT2D eigenvalue weighted by atomic mass is 10.1. The molecule has 7 heteroatoms. The fourth-order valence-corrected chi connectivity index (χ4v) is 3.41. The van der Waals surface area contributed by atoms with Gasteiger partial charge in [0.05, 0.1) is 30.2 Å². The molecule has 0 spiro atoms. The van der Waals surface area contributed by atoms with Crippen molar-refractivity contribution in [2.24, 2.45) is 0 Å². The molecular formula is C27H25N5O2. The zero-order chi connectivity index (χ0) is 23.9. The van der Waals surface area contributed by atoms with Crippen molar-refractivity contribution >= 4 is 29.0 Å².